The van der Waals surface area contributed by atoms with Crippen LogP contribution in [0, 0.1) is 0 Å². The van der Waals surface area contributed by atoms with Crippen LogP contribution in [0.2, 0.25) is 0 Å². The number of hydrogen-bond acceptors (Lipinski definition) is 7. The van der Waals surface area contributed by atoms with Crippen molar-refractivity contribution in [2.24, 2.45) is 5.16 Å². The van der Waals surface area contributed by atoms with Crippen molar-refractivity contribution in [3.63, 3.8) is 0 Å². The summed E-state index contributed by atoms with van der Waals surface area (Å²) < 4.78 is 2.17. The number of aryl methyl sites for hydroxylation is 1. The Morgan fingerprint density at radius 2 is 1.57 bits per heavy atom. The van der Waals surface area contributed by atoms with Crippen molar-refractivity contribution in [3.05, 3.63) is 94.9 Å². The highest BCUT2D eigenvalue weighted by atomic mass is 16.7. The molecule has 0 saturated carbocycles. The standard InChI is InChI=1S/C37H39N3O6/c1-8-13-31(30-15-12-11-14-27(30)9-2)37(44)29-17-19-36-33(22-29)32-21-28(16-18-35(32)39(36)10-3)34(38-45-25(6)42)20-23(4)40(24(5)41)46-26(7)43/h8-9,11-12,14-19,21-23H,1,10,13,20H2,2-7H3/b27-9-,31-30+,38-34+. The molecule has 0 aliphatic rings. The number of fused-ring (bicyclic) bond motifs is 3. The minimum atomic E-state index is -0.635. The second kappa shape index (κ2) is 14.6. The van der Waals surface area contributed by atoms with Gasteiger partial charge in [-0.25, -0.2) is 4.79 Å². The fourth-order valence-electron chi connectivity index (χ4n) is 5.73. The maximum Gasteiger partial charge on any atom is 0.331 e. The molecule has 1 aromatic heterocycles. The Kier molecular flexibility index (Phi) is 10.7. The van der Waals surface area contributed by atoms with Gasteiger partial charge in [0, 0.05) is 72.2 Å². The highest BCUT2D eigenvalue weighted by Gasteiger charge is 2.24. The Morgan fingerprint density at radius 3 is 2.13 bits per heavy atom. The average Bonchev–Trinajstić information content (AvgIpc) is 3.35. The number of Topliss-reactive ketones (excluding diaryl/α,β-unsaturated/α-hetero) is 1. The Balaban J connectivity index is 1.89. The third kappa shape index (κ3) is 7.15. The zero-order chi connectivity index (χ0) is 33.5. The van der Waals surface area contributed by atoms with Gasteiger partial charge in [0.1, 0.15) is 0 Å². The third-order valence-electron chi connectivity index (χ3n) is 7.71. The lowest BCUT2D eigenvalue weighted by Crippen LogP contribution is -2.39. The van der Waals surface area contributed by atoms with Crippen LogP contribution in [0.5, 0.6) is 0 Å². The summed E-state index contributed by atoms with van der Waals surface area (Å²) in [6, 6.07) is 18.7. The monoisotopic (exact) mass is 621 g/mol. The van der Waals surface area contributed by atoms with Crippen LogP contribution >= 0.6 is 0 Å². The molecular formula is C37H39N3O6. The zero-order valence-corrected chi connectivity index (χ0v) is 27.1. The molecular weight excluding hydrogens is 582 g/mol. The number of oxime groups is 1. The highest BCUT2D eigenvalue weighted by molar-refractivity contribution is 6.26. The second-order valence-electron chi connectivity index (χ2n) is 11.0. The molecule has 0 fully saturated rings. The molecule has 0 bridgehead atoms. The van der Waals surface area contributed by atoms with Crippen LogP contribution < -0.4 is 10.4 Å². The minimum Gasteiger partial charge on any atom is -0.341 e. The first-order valence-electron chi connectivity index (χ1n) is 15.2. The molecule has 4 rings (SSSR count). The number of ketones is 1. The van der Waals surface area contributed by atoms with Gasteiger partial charge in [-0.3, -0.25) is 14.4 Å². The van der Waals surface area contributed by atoms with E-state index in [2.05, 4.69) is 23.2 Å². The van der Waals surface area contributed by atoms with Gasteiger partial charge in [0.25, 0.3) is 5.91 Å². The number of benzene rings is 3. The maximum absolute atomic E-state index is 14.1. The van der Waals surface area contributed by atoms with Crippen LogP contribution in [0.15, 0.2) is 78.5 Å². The molecule has 9 nitrogen and oxygen atoms in total. The summed E-state index contributed by atoms with van der Waals surface area (Å²) >= 11 is 0. The van der Waals surface area contributed by atoms with Gasteiger partial charge in [-0.1, -0.05) is 47.6 Å². The molecule has 238 valence electrons. The molecule has 0 N–H and O–H groups in total. The third-order valence-corrected chi connectivity index (χ3v) is 7.71. The minimum absolute atomic E-state index is 0.0783. The van der Waals surface area contributed by atoms with E-state index in [0.29, 0.717) is 35.4 Å². The van der Waals surface area contributed by atoms with E-state index in [-0.39, 0.29) is 12.2 Å². The number of carbonyl (C=O) groups is 4. The zero-order valence-electron chi connectivity index (χ0n) is 27.1. The predicted molar refractivity (Wildman–Crippen MR) is 180 cm³/mol. The van der Waals surface area contributed by atoms with Crippen molar-refractivity contribution in [1.29, 1.82) is 0 Å². The number of rotatable bonds is 10. The molecule has 1 heterocycles. The summed E-state index contributed by atoms with van der Waals surface area (Å²) in [5.74, 6) is -1.77. The van der Waals surface area contributed by atoms with Gasteiger partial charge in [-0.2, -0.15) is 5.06 Å². The maximum atomic E-state index is 14.1. The first-order valence-corrected chi connectivity index (χ1v) is 15.2. The SMILES string of the molecule is C=CC/C(C(=O)c1ccc2c(c1)c1cc(/C(CC(C)N(OC(C)=O)C(C)=O)=N/OC(C)=O)ccc1n2CC)=c1/cccc/c1=C/C. The normalized spacial score (nSPS) is 13.3. The van der Waals surface area contributed by atoms with E-state index in [4.69, 9.17) is 9.68 Å². The number of hydroxylamine groups is 2. The van der Waals surface area contributed by atoms with E-state index in [9.17, 15) is 19.2 Å². The van der Waals surface area contributed by atoms with Crippen molar-refractivity contribution < 1.29 is 28.9 Å². The van der Waals surface area contributed by atoms with Crippen molar-refractivity contribution >= 4 is 62.8 Å². The quantitative estimate of drug-likeness (QED) is 0.0751. The first kappa shape index (κ1) is 33.6. The lowest BCUT2D eigenvalue weighted by atomic mass is 9.95. The van der Waals surface area contributed by atoms with Crippen molar-refractivity contribution in [2.45, 2.75) is 67.0 Å². The molecule has 0 saturated heterocycles. The molecule has 1 amide bonds. The van der Waals surface area contributed by atoms with Crippen LogP contribution in [0.25, 0.3) is 33.5 Å². The first-order chi connectivity index (χ1) is 22.0. The van der Waals surface area contributed by atoms with Gasteiger partial charge >= 0.3 is 11.9 Å². The smallest absolute Gasteiger partial charge is 0.331 e. The molecule has 46 heavy (non-hydrogen) atoms. The summed E-state index contributed by atoms with van der Waals surface area (Å²) in [4.78, 5) is 59.9. The molecule has 1 atom stereocenters. The number of aromatic nitrogens is 1. The molecule has 0 radical (unpaired) electrons. The topological polar surface area (TPSA) is 107 Å². The fourth-order valence-corrected chi connectivity index (χ4v) is 5.73. The Labute approximate surface area is 268 Å². The average molecular weight is 622 g/mol. The van der Waals surface area contributed by atoms with E-state index in [1.54, 1.807) is 13.0 Å². The van der Waals surface area contributed by atoms with Crippen molar-refractivity contribution in [3.8, 4) is 0 Å². The van der Waals surface area contributed by atoms with Crippen LogP contribution in [-0.2, 0) is 30.6 Å². The van der Waals surface area contributed by atoms with Gasteiger partial charge < -0.3 is 14.2 Å². The lowest BCUT2D eigenvalue weighted by Gasteiger charge is -2.26. The van der Waals surface area contributed by atoms with E-state index in [0.717, 1.165) is 37.3 Å². The Bertz CT molecular complexity index is 2000. The molecule has 0 aliphatic carbocycles. The molecule has 0 aliphatic heterocycles. The summed E-state index contributed by atoms with van der Waals surface area (Å²) in [5, 5.41) is 8.71. The largest absolute Gasteiger partial charge is 0.341 e. The Hall–Kier alpha value is -5.31. The van der Waals surface area contributed by atoms with E-state index >= 15 is 0 Å². The Morgan fingerprint density at radius 1 is 0.935 bits per heavy atom. The highest BCUT2D eigenvalue weighted by Crippen LogP contribution is 2.32. The number of carbonyl (C=O) groups excluding carboxylic acids is 4. The van der Waals surface area contributed by atoms with Gasteiger partial charge in [0.05, 0.1) is 11.8 Å². The van der Waals surface area contributed by atoms with Crippen LogP contribution in [0.1, 0.15) is 70.3 Å². The summed E-state index contributed by atoms with van der Waals surface area (Å²) in [7, 11) is 0. The van der Waals surface area contributed by atoms with E-state index in [1.165, 1.54) is 20.8 Å². The van der Waals surface area contributed by atoms with Gasteiger partial charge in [-0.05, 0) is 68.0 Å². The summed E-state index contributed by atoms with van der Waals surface area (Å²) in [6.07, 6.45) is 4.27. The summed E-state index contributed by atoms with van der Waals surface area (Å²) in [5.41, 5.74) is 4.15. The molecule has 0 spiro atoms. The second-order valence-corrected chi connectivity index (χ2v) is 11.0. The fraction of sp³-hybridized carbons (Fsp3) is 0.270. The lowest BCUT2D eigenvalue weighted by molar-refractivity contribution is -0.202. The van der Waals surface area contributed by atoms with E-state index < -0.39 is 23.9 Å². The predicted octanol–water partition coefficient (Wildman–Crippen LogP) is 5.60. The summed E-state index contributed by atoms with van der Waals surface area (Å²) in [6.45, 7) is 14.1. The number of nitrogens with zero attached hydrogens (tertiary/aromatic N) is 3. The molecule has 4 aromatic rings. The van der Waals surface area contributed by atoms with Gasteiger partial charge in [-0.15, -0.1) is 6.58 Å². The molecule has 9 heteroatoms. The molecule has 3 aromatic carbocycles. The number of amides is 1. The van der Waals surface area contributed by atoms with Crippen LogP contribution in [-0.4, -0.2) is 45.0 Å². The van der Waals surface area contributed by atoms with Crippen molar-refractivity contribution in [2.75, 3.05) is 0 Å². The van der Waals surface area contributed by atoms with Crippen LogP contribution in [0.4, 0.5) is 0 Å². The van der Waals surface area contributed by atoms with E-state index in [1.807, 2.05) is 73.7 Å². The number of allylic oxidation sites excluding steroid dienone is 1. The van der Waals surface area contributed by atoms with Gasteiger partial charge in [0.2, 0.25) is 0 Å². The molecule has 1 unspecified atom stereocenters. The van der Waals surface area contributed by atoms with Crippen LogP contribution in [0.3, 0.4) is 0 Å². The van der Waals surface area contributed by atoms with Gasteiger partial charge in [0.15, 0.2) is 5.78 Å². The van der Waals surface area contributed by atoms with Crippen molar-refractivity contribution in [1.82, 2.24) is 9.63 Å². The number of hydrogen-bond donors (Lipinski definition) is 0.